The van der Waals surface area contributed by atoms with Crippen LogP contribution in [0, 0.1) is 6.92 Å². The minimum absolute atomic E-state index is 0.0103. The van der Waals surface area contributed by atoms with E-state index in [1.807, 2.05) is 18.3 Å². The summed E-state index contributed by atoms with van der Waals surface area (Å²) in [5.41, 5.74) is 1.00. The van der Waals surface area contributed by atoms with Crippen LogP contribution in [-0.4, -0.2) is 39.9 Å². The lowest BCUT2D eigenvalue weighted by atomic mass is 10.2. The molecule has 1 fully saturated rings. The number of amides is 1. The number of rotatable bonds is 7. The molecule has 1 amide bonds. The van der Waals surface area contributed by atoms with Crippen molar-refractivity contribution in [2.75, 3.05) is 23.7 Å². The van der Waals surface area contributed by atoms with Gasteiger partial charge in [-0.25, -0.2) is 4.98 Å². The van der Waals surface area contributed by atoms with Gasteiger partial charge in [0.1, 0.15) is 5.82 Å². The number of hydrogen-bond acceptors (Lipinski definition) is 7. The van der Waals surface area contributed by atoms with Gasteiger partial charge in [0.2, 0.25) is 11.8 Å². The summed E-state index contributed by atoms with van der Waals surface area (Å²) in [6, 6.07) is 4.05. The molecule has 1 aliphatic rings. The molecule has 0 aliphatic carbocycles. The molecule has 3 heterocycles. The zero-order valence-corrected chi connectivity index (χ0v) is 14.5. The number of nitrogens with one attached hydrogen (secondary N) is 1. The van der Waals surface area contributed by atoms with Crippen LogP contribution in [0.25, 0.3) is 0 Å². The van der Waals surface area contributed by atoms with Gasteiger partial charge in [-0.3, -0.25) is 4.79 Å². The summed E-state index contributed by atoms with van der Waals surface area (Å²) >= 11 is 1.46. The first-order valence-electron chi connectivity index (χ1n) is 8.04. The molecular weight excluding hydrogens is 326 g/mol. The summed E-state index contributed by atoms with van der Waals surface area (Å²) in [4.78, 5) is 22.7. The minimum Gasteiger partial charge on any atom is -0.357 e. The van der Waals surface area contributed by atoms with E-state index in [1.54, 1.807) is 6.92 Å². The second-order valence-electron chi connectivity index (χ2n) is 5.72. The molecule has 0 radical (unpaired) electrons. The van der Waals surface area contributed by atoms with Crippen LogP contribution in [0.5, 0.6) is 0 Å². The number of aryl methyl sites for hydroxylation is 1. The fraction of sp³-hybridized carbons (Fsp3) is 0.500. The number of pyridine rings is 1. The SMILES string of the molecule is Cc1nc(CSCC(=O)NCc2ccc(N3CCCC3)nc2)no1. The van der Waals surface area contributed by atoms with Crippen molar-refractivity contribution in [3.63, 3.8) is 0 Å². The Morgan fingerprint density at radius 3 is 2.88 bits per heavy atom. The largest absolute Gasteiger partial charge is 0.357 e. The zero-order chi connectivity index (χ0) is 16.8. The molecule has 0 aromatic carbocycles. The van der Waals surface area contributed by atoms with Gasteiger partial charge in [0.05, 0.1) is 11.5 Å². The van der Waals surface area contributed by atoms with Crippen LogP contribution in [0.4, 0.5) is 5.82 Å². The summed E-state index contributed by atoms with van der Waals surface area (Å²) < 4.78 is 4.89. The summed E-state index contributed by atoms with van der Waals surface area (Å²) in [6.07, 6.45) is 4.31. The van der Waals surface area contributed by atoms with E-state index in [0.29, 0.717) is 29.8 Å². The van der Waals surface area contributed by atoms with Crippen molar-refractivity contribution >= 4 is 23.5 Å². The van der Waals surface area contributed by atoms with Gasteiger partial charge < -0.3 is 14.7 Å². The zero-order valence-electron chi connectivity index (χ0n) is 13.7. The highest BCUT2D eigenvalue weighted by molar-refractivity contribution is 7.99. The Kier molecular flexibility index (Phi) is 5.68. The first-order valence-corrected chi connectivity index (χ1v) is 9.20. The summed E-state index contributed by atoms with van der Waals surface area (Å²) in [5.74, 6) is 3.10. The molecule has 1 aliphatic heterocycles. The fourth-order valence-corrected chi connectivity index (χ4v) is 3.23. The number of hydrogen-bond donors (Lipinski definition) is 1. The van der Waals surface area contributed by atoms with Crippen LogP contribution >= 0.6 is 11.8 Å². The molecule has 0 bridgehead atoms. The van der Waals surface area contributed by atoms with Crippen LogP contribution in [0.15, 0.2) is 22.9 Å². The molecule has 0 spiro atoms. The van der Waals surface area contributed by atoms with Crippen LogP contribution in [0.2, 0.25) is 0 Å². The highest BCUT2D eigenvalue weighted by atomic mass is 32.2. The number of carbonyl (C=O) groups excluding carboxylic acids is 1. The quantitative estimate of drug-likeness (QED) is 0.819. The Balaban J connectivity index is 1.37. The average molecular weight is 347 g/mol. The average Bonchev–Trinajstić information content (AvgIpc) is 3.25. The Morgan fingerprint density at radius 1 is 1.38 bits per heavy atom. The van der Waals surface area contributed by atoms with Crippen LogP contribution in [0.3, 0.4) is 0 Å². The monoisotopic (exact) mass is 347 g/mol. The van der Waals surface area contributed by atoms with Gasteiger partial charge in [-0.15, -0.1) is 11.8 Å². The lowest BCUT2D eigenvalue weighted by molar-refractivity contribution is -0.118. The van der Waals surface area contributed by atoms with Crippen molar-refractivity contribution in [3.8, 4) is 0 Å². The van der Waals surface area contributed by atoms with E-state index in [9.17, 15) is 4.79 Å². The Bertz CT molecular complexity index is 667. The Morgan fingerprint density at radius 2 is 2.21 bits per heavy atom. The van der Waals surface area contributed by atoms with Gasteiger partial charge in [-0.1, -0.05) is 11.2 Å². The van der Waals surface area contributed by atoms with Crippen molar-refractivity contribution < 1.29 is 9.32 Å². The predicted molar refractivity (Wildman–Crippen MR) is 92.7 cm³/mol. The summed E-state index contributed by atoms with van der Waals surface area (Å²) in [5, 5.41) is 6.70. The van der Waals surface area contributed by atoms with Crippen LogP contribution < -0.4 is 10.2 Å². The van der Waals surface area contributed by atoms with E-state index in [4.69, 9.17) is 4.52 Å². The maximum atomic E-state index is 11.9. The second-order valence-corrected chi connectivity index (χ2v) is 6.70. The van der Waals surface area contributed by atoms with Crippen molar-refractivity contribution in [1.29, 1.82) is 0 Å². The number of anilines is 1. The minimum atomic E-state index is -0.0103. The molecule has 7 nitrogen and oxygen atoms in total. The predicted octanol–water partition coefficient (Wildman–Crippen LogP) is 1.92. The maximum Gasteiger partial charge on any atom is 0.230 e. The van der Waals surface area contributed by atoms with E-state index in [2.05, 4.69) is 25.3 Å². The van der Waals surface area contributed by atoms with E-state index in [-0.39, 0.29) is 5.91 Å². The van der Waals surface area contributed by atoms with E-state index >= 15 is 0 Å². The standard InChI is InChI=1S/C16H21N5O2S/c1-12-19-14(20-23-12)10-24-11-16(22)18-9-13-4-5-15(17-8-13)21-6-2-3-7-21/h4-5,8H,2-3,6-7,9-11H2,1H3,(H,18,22). The maximum absolute atomic E-state index is 11.9. The van der Waals surface area contributed by atoms with E-state index in [0.717, 1.165) is 24.5 Å². The van der Waals surface area contributed by atoms with Crippen molar-refractivity contribution in [1.82, 2.24) is 20.4 Å². The molecule has 0 atom stereocenters. The highest BCUT2D eigenvalue weighted by Gasteiger charge is 2.13. The number of nitrogens with zero attached hydrogens (tertiary/aromatic N) is 4. The summed E-state index contributed by atoms with van der Waals surface area (Å²) in [6.45, 7) is 4.41. The first-order chi connectivity index (χ1) is 11.7. The molecular formula is C16H21N5O2S. The molecule has 1 N–H and O–H groups in total. The lowest BCUT2D eigenvalue weighted by Gasteiger charge is -2.16. The second kappa shape index (κ2) is 8.14. The third kappa shape index (κ3) is 4.70. The lowest BCUT2D eigenvalue weighted by Crippen LogP contribution is -2.25. The molecule has 1 saturated heterocycles. The van der Waals surface area contributed by atoms with E-state index in [1.165, 1.54) is 24.6 Å². The van der Waals surface area contributed by atoms with Crippen molar-refractivity contribution in [3.05, 3.63) is 35.6 Å². The molecule has 128 valence electrons. The van der Waals surface area contributed by atoms with Crippen molar-refractivity contribution in [2.24, 2.45) is 0 Å². The normalized spacial score (nSPS) is 14.1. The third-order valence-electron chi connectivity index (χ3n) is 3.76. The third-order valence-corrected chi connectivity index (χ3v) is 4.69. The Labute approximate surface area is 145 Å². The number of carbonyl (C=O) groups is 1. The number of thioether (sulfide) groups is 1. The molecule has 2 aromatic heterocycles. The van der Waals surface area contributed by atoms with Gasteiger partial charge in [-0.2, -0.15) is 4.98 Å². The van der Waals surface area contributed by atoms with Gasteiger partial charge in [-0.05, 0) is 24.5 Å². The van der Waals surface area contributed by atoms with Crippen LogP contribution in [-0.2, 0) is 17.1 Å². The van der Waals surface area contributed by atoms with Gasteiger partial charge in [0.15, 0.2) is 5.82 Å². The summed E-state index contributed by atoms with van der Waals surface area (Å²) in [7, 11) is 0. The van der Waals surface area contributed by atoms with Gasteiger partial charge >= 0.3 is 0 Å². The van der Waals surface area contributed by atoms with Crippen molar-refractivity contribution in [2.45, 2.75) is 32.1 Å². The van der Waals surface area contributed by atoms with E-state index < -0.39 is 0 Å². The first kappa shape index (κ1) is 16.8. The molecule has 0 unspecified atom stereocenters. The highest BCUT2D eigenvalue weighted by Crippen LogP contribution is 2.17. The molecule has 8 heteroatoms. The molecule has 24 heavy (non-hydrogen) atoms. The van der Waals surface area contributed by atoms with Gasteiger partial charge in [0, 0.05) is 32.8 Å². The molecule has 3 rings (SSSR count). The number of aromatic nitrogens is 3. The molecule has 2 aromatic rings. The fourth-order valence-electron chi connectivity index (χ4n) is 2.54. The topological polar surface area (TPSA) is 84.2 Å². The van der Waals surface area contributed by atoms with Crippen LogP contribution in [0.1, 0.15) is 30.1 Å². The molecule has 0 saturated carbocycles. The van der Waals surface area contributed by atoms with Gasteiger partial charge in [0.25, 0.3) is 0 Å². The Hall–Kier alpha value is -2.09. The smallest absolute Gasteiger partial charge is 0.230 e.